The van der Waals surface area contributed by atoms with Crippen LogP contribution >= 0.6 is 0 Å². The summed E-state index contributed by atoms with van der Waals surface area (Å²) in [4.78, 5) is 40.5. The molecule has 32 heavy (non-hydrogen) atoms. The molecule has 1 N–H and O–H groups in total. The van der Waals surface area contributed by atoms with Crippen molar-refractivity contribution in [3.8, 4) is 17.0 Å². The van der Waals surface area contributed by atoms with Crippen LogP contribution in [0.2, 0.25) is 0 Å². The first kappa shape index (κ1) is 21.3. The number of carbonyl (C=O) groups excluding carboxylic acids is 3. The van der Waals surface area contributed by atoms with Crippen LogP contribution in [0.3, 0.4) is 0 Å². The zero-order valence-electron chi connectivity index (χ0n) is 17.8. The van der Waals surface area contributed by atoms with Gasteiger partial charge in [0.25, 0.3) is 5.91 Å². The van der Waals surface area contributed by atoms with Crippen molar-refractivity contribution >= 4 is 17.7 Å². The fourth-order valence-corrected chi connectivity index (χ4v) is 3.61. The molecule has 1 saturated heterocycles. The monoisotopic (exact) mass is 432 g/mol. The minimum Gasteiger partial charge on any atom is -0.494 e. The number of H-pyrrole nitrogens is 1. The smallest absolute Gasteiger partial charge is 0.272 e. The van der Waals surface area contributed by atoms with Crippen LogP contribution in [0.25, 0.3) is 11.3 Å². The quantitative estimate of drug-likeness (QED) is 0.579. The number of piperazine rings is 1. The maximum atomic E-state index is 12.9. The lowest BCUT2D eigenvalue weighted by Gasteiger charge is -2.32. The largest absolute Gasteiger partial charge is 0.494 e. The summed E-state index contributed by atoms with van der Waals surface area (Å²) in [5.41, 5.74) is 2.69. The van der Waals surface area contributed by atoms with E-state index in [0.717, 1.165) is 16.9 Å². The van der Waals surface area contributed by atoms with Crippen LogP contribution in [-0.2, 0) is 16.0 Å². The number of amides is 3. The molecule has 0 atom stereocenters. The summed E-state index contributed by atoms with van der Waals surface area (Å²) in [6.45, 7) is 2.51. The van der Waals surface area contributed by atoms with Crippen molar-refractivity contribution in [2.75, 3.05) is 26.2 Å². The third kappa shape index (κ3) is 4.69. The number of carbonyl (C=O) groups is 3. The molecular weight excluding hydrogens is 408 g/mol. The number of imide groups is 1. The van der Waals surface area contributed by atoms with Gasteiger partial charge in [0.1, 0.15) is 24.5 Å². The minimum atomic E-state index is -0.431. The second-order valence-corrected chi connectivity index (χ2v) is 7.46. The van der Waals surface area contributed by atoms with E-state index in [1.807, 2.05) is 61.5 Å². The summed E-state index contributed by atoms with van der Waals surface area (Å²) in [6, 6.07) is 18.7. The van der Waals surface area contributed by atoms with E-state index in [9.17, 15) is 14.4 Å². The number of hydrogen-bond acceptors (Lipinski definition) is 5. The normalized spacial score (nSPS) is 14.0. The third-order valence-corrected chi connectivity index (χ3v) is 5.28. The molecule has 164 valence electrons. The van der Waals surface area contributed by atoms with Crippen LogP contribution in [0, 0.1) is 0 Å². The molecule has 8 heteroatoms. The van der Waals surface area contributed by atoms with E-state index in [2.05, 4.69) is 10.2 Å². The molecule has 1 aliphatic heterocycles. The molecule has 1 aromatic heterocycles. The van der Waals surface area contributed by atoms with Crippen LogP contribution in [0.15, 0.2) is 60.7 Å². The predicted octanol–water partition coefficient (Wildman–Crippen LogP) is 2.53. The van der Waals surface area contributed by atoms with Gasteiger partial charge in [-0.25, -0.2) is 0 Å². The minimum absolute atomic E-state index is 0.142. The van der Waals surface area contributed by atoms with Crippen molar-refractivity contribution < 1.29 is 19.1 Å². The van der Waals surface area contributed by atoms with Gasteiger partial charge in [-0.05, 0) is 49.2 Å². The van der Waals surface area contributed by atoms with Crippen LogP contribution < -0.4 is 4.74 Å². The van der Waals surface area contributed by atoms with Crippen molar-refractivity contribution in [1.29, 1.82) is 0 Å². The Kier molecular flexibility index (Phi) is 6.30. The molecule has 3 amide bonds. The van der Waals surface area contributed by atoms with Crippen LogP contribution in [-0.4, -0.2) is 64.0 Å². The Balaban J connectivity index is 1.39. The predicted molar refractivity (Wildman–Crippen MR) is 118 cm³/mol. The lowest BCUT2D eigenvalue weighted by molar-refractivity contribution is -0.150. The fourth-order valence-electron chi connectivity index (χ4n) is 3.61. The molecule has 0 saturated carbocycles. The third-order valence-electron chi connectivity index (χ3n) is 5.28. The maximum absolute atomic E-state index is 12.9. The van der Waals surface area contributed by atoms with Crippen molar-refractivity contribution in [1.82, 2.24) is 20.0 Å². The lowest BCUT2D eigenvalue weighted by atomic mass is 10.1. The molecule has 2 heterocycles. The molecule has 0 spiro atoms. The van der Waals surface area contributed by atoms with Crippen LogP contribution in [0.4, 0.5) is 0 Å². The number of hydrogen-bond donors (Lipinski definition) is 1. The molecule has 1 fully saturated rings. The number of nitrogens with one attached hydrogen (secondary N) is 1. The molecule has 0 radical (unpaired) electrons. The lowest BCUT2D eigenvalue weighted by Crippen LogP contribution is -2.56. The summed E-state index contributed by atoms with van der Waals surface area (Å²) >= 11 is 0. The van der Waals surface area contributed by atoms with Gasteiger partial charge in [0, 0.05) is 12.1 Å². The number of rotatable bonds is 7. The Bertz CT molecular complexity index is 1090. The highest BCUT2D eigenvalue weighted by atomic mass is 16.5. The Morgan fingerprint density at radius 2 is 1.72 bits per heavy atom. The molecule has 4 rings (SSSR count). The van der Waals surface area contributed by atoms with Gasteiger partial charge in [-0.2, -0.15) is 5.10 Å². The maximum Gasteiger partial charge on any atom is 0.272 e. The Hall–Kier alpha value is -3.94. The number of ether oxygens (including phenoxy) is 1. The summed E-state index contributed by atoms with van der Waals surface area (Å²) < 4.78 is 5.43. The summed E-state index contributed by atoms with van der Waals surface area (Å²) in [6.07, 6.45) is 0.582. The molecule has 0 unspecified atom stereocenters. The topological polar surface area (TPSA) is 95.6 Å². The summed E-state index contributed by atoms with van der Waals surface area (Å²) in [5.74, 6) is -0.432. The Labute approximate surface area is 185 Å². The highest BCUT2D eigenvalue weighted by Crippen LogP contribution is 2.22. The summed E-state index contributed by atoms with van der Waals surface area (Å²) in [5, 5.41) is 6.92. The van der Waals surface area contributed by atoms with Crippen molar-refractivity contribution in [2.45, 2.75) is 13.3 Å². The molecule has 0 aliphatic carbocycles. The highest BCUT2D eigenvalue weighted by molar-refractivity contribution is 6.05. The average molecular weight is 432 g/mol. The number of aromatic amines is 1. The van der Waals surface area contributed by atoms with E-state index in [0.29, 0.717) is 25.3 Å². The second kappa shape index (κ2) is 9.47. The number of nitrogens with zero attached hydrogens (tertiary/aromatic N) is 3. The van der Waals surface area contributed by atoms with Gasteiger partial charge in [0.05, 0.1) is 12.3 Å². The van der Waals surface area contributed by atoms with Crippen molar-refractivity contribution in [3.05, 3.63) is 71.9 Å². The number of aromatic nitrogens is 2. The van der Waals surface area contributed by atoms with Crippen LogP contribution in [0.5, 0.6) is 5.75 Å². The first-order chi connectivity index (χ1) is 15.5. The van der Waals surface area contributed by atoms with E-state index in [1.54, 1.807) is 6.07 Å². The zero-order valence-corrected chi connectivity index (χ0v) is 17.8. The Morgan fingerprint density at radius 3 is 2.38 bits per heavy atom. The van der Waals surface area contributed by atoms with E-state index in [4.69, 9.17) is 4.74 Å². The van der Waals surface area contributed by atoms with Gasteiger partial charge in [0.15, 0.2) is 0 Å². The van der Waals surface area contributed by atoms with Gasteiger partial charge >= 0.3 is 0 Å². The first-order valence-electron chi connectivity index (χ1n) is 10.5. The molecular formula is C24H24N4O4. The summed E-state index contributed by atoms with van der Waals surface area (Å²) in [7, 11) is 0. The van der Waals surface area contributed by atoms with Gasteiger partial charge in [0.2, 0.25) is 11.8 Å². The Morgan fingerprint density at radius 1 is 1.03 bits per heavy atom. The fraction of sp³-hybridized carbons (Fsp3) is 0.250. The molecule has 2 aromatic carbocycles. The standard InChI is InChI=1S/C24H24N4O4/c1-2-32-19-10-8-18(9-11-19)20-14-21(26-25-20)24(31)27-15-22(29)28(23(30)16-27)13-12-17-6-4-3-5-7-17/h3-11,14H,2,12-13,15-16H2,1H3,(H,25,26). The van der Waals surface area contributed by atoms with Crippen molar-refractivity contribution in [3.63, 3.8) is 0 Å². The molecule has 0 bridgehead atoms. The van der Waals surface area contributed by atoms with E-state index in [-0.39, 0.29) is 30.6 Å². The van der Waals surface area contributed by atoms with Gasteiger partial charge in [-0.3, -0.25) is 24.4 Å². The number of benzene rings is 2. The highest BCUT2D eigenvalue weighted by Gasteiger charge is 2.34. The first-order valence-corrected chi connectivity index (χ1v) is 10.5. The molecule has 1 aliphatic rings. The van der Waals surface area contributed by atoms with Gasteiger partial charge in [-0.15, -0.1) is 0 Å². The van der Waals surface area contributed by atoms with Gasteiger partial charge < -0.3 is 9.64 Å². The van der Waals surface area contributed by atoms with Crippen LogP contribution in [0.1, 0.15) is 23.0 Å². The second-order valence-electron chi connectivity index (χ2n) is 7.46. The molecule has 3 aromatic rings. The van der Waals surface area contributed by atoms with E-state index in [1.165, 1.54) is 9.80 Å². The average Bonchev–Trinajstić information content (AvgIpc) is 3.29. The SMILES string of the molecule is CCOc1ccc(-c2cc(C(=O)N3CC(=O)N(CCc4ccccc4)C(=O)C3)[nH]n2)cc1. The zero-order chi connectivity index (χ0) is 22.5. The van der Waals surface area contributed by atoms with Gasteiger partial charge in [-0.1, -0.05) is 30.3 Å². The van der Waals surface area contributed by atoms with E-state index < -0.39 is 5.91 Å². The van der Waals surface area contributed by atoms with E-state index >= 15 is 0 Å². The van der Waals surface area contributed by atoms with Crippen molar-refractivity contribution in [2.24, 2.45) is 0 Å². The molecule has 8 nitrogen and oxygen atoms in total.